The molecule has 1 aliphatic heterocycles. The molecular weight excluding hydrogens is 236 g/mol. The van der Waals surface area contributed by atoms with Crippen LogP contribution in [0.1, 0.15) is 25.0 Å². The molecule has 0 saturated carbocycles. The van der Waals surface area contributed by atoms with Gasteiger partial charge in [0.05, 0.1) is 6.61 Å². The van der Waals surface area contributed by atoms with Crippen molar-refractivity contribution in [1.29, 1.82) is 0 Å². The van der Waals surface area contributed by atoms with E-state index in [-0.39, 0.29) is 12.6 Å². The van der Waals surface area contributed by atoms with Crippen LogP contribution < -0.4 is 5.32 Å². The average molecular weight is 262 g/mol. The van der Waals surface area contributed by atoms with Crippen LogP contribution in [0.15, 0.2) is 24.3 Å². The molecule has 0 bridgehead atoms. The molecule has 1 aromatic carbocycles. The first-order valence-electron chi connectivity index (χ1n) is 7.24. The molecule has 3 nitrogen and oxygen atoms in total. The molecule has 1 heterocycles. The maximum atomic E-state index is 9.54. The Hall–Kier alpha value is -0.900. The molecule has 0 aliphatic carbocycles. The molecule has 0 aromatic heterocycles. The van der Waals surface area contributed by atoms with Gasteiger partial charge in [-0.1, -0.05) is 43.7 Å². The molecule has 1 saturated heterocycles. The minimum Gasteiger partial charge on any atom is -0.395 e. The summed E-state index contributed by atoms with van der Waals surface area (Å²) in [6.07, 6.45) is 0. The molecule has 2 atom stereocenters. The van der Waals surface area contributed by atoms with Crippen molar-refractivity contribution in [2.24, 2.45) is 5.92 Å². The van der Waals surface area contributed by atoms with Crippen LogP contribution in [0.2, 0.25) is 0 Å². The van der Waals surface area contributed by atoms with Crippen LogP contribution in [0.5, 0.6) is 0 Å². The number of aliphatic hydroxyl groups is 1. The fraction of sp³-hybridized carbons (Fsp3) is 0.625. The van der Waals surface area contributed by atoms with Crippen molar-refractivity contribution in [3.05, 3.63) is 35.4 Å². The second kappa shape index (κ2) is 6.51. The van der Waals surface area contributed by atoms with Gasteiger partial charge in [0, 0.05) is 31.7 Å². The van der Waals surface area contributed by atoms with E-state index in [1.165, 1.54) is 11.1 Å². The predicted octanol–water partition coefficient (Wildman–Crippen LogP) is 1.79. The highest BCUT2D eigenvalue weighted by atomic mass is 16.3. The third-order valence-corrected chi connectivity index (χ3v) is 4.05. The lowest BCUT2D eigenvalue weighted by molar-refractivity contribution is 0.0645. The minimum atomic E-state index is 0.226. The van der Waals surface area contributed by atoms with E-state index in [1.807, 2.05) is 0 Å². The van der Waals surface area contributed by atoms with Crippen LogP contribution >= 0.6 is 0 Å². The van der Waals surface area contributed by atoms with Gasteiger partial charge in [0.15, 0.2) is 0 Å². The number of hydrogen-bond acceptors (Lipinski definition) is 3. The number of hydrogen-bond donors (Lipinski definition) is 2. The molecule has 0 amide bonds. The third kappa shape index (κ3) is 3.78. The van der Waals surface area contributed by atoms with Crippen LogP contribution in [0.4, 0.5) is 0 Å². The Morgan fingerprint density at radius 1 is 1.42 bits per heavy atom. The van der Waals surface area contributed by atoms with E-state index < -0.39 is 0 Å². The van der Waals surface area contributed by atoms with Crippen LogP contribution in [0.25, 0.3) is 0 Å². The van der Waals surface area contributed by atoms with Crippen LogP contribution in [-0.4, -0.2) is 41.8 Å². The largest absolute Gasteiger partial charge is 0.395 e. The number of aryl methyl sites for hydroxylation is 1. The SMILES string of the molecule is Cc1cccc(CN2CC(C(C)C)NCC2CO)c1. The normalized spacial score (nSPS) is 24.9. The van der Waals surface area contributed by atoms with E-state index in [9.17, 15) is 5.11 Å². The zero-order valence-corrected chi connectivity index (χ0v) is 12.3. The summed E-state index contributed by atoms with van der Waals surface area (Å²) in [7, 11) is 0. The van der Waals surface area contributed by atoms with E-state index in [0.717, 1.165) is 19.6 Å². The lowest BCUT2D eigenvalue weighted by Gasteiger charge is -2.41. The molecule has 19 heavy (non-hydrogen) atoms. The fourth-order valence-corrected chi connectivity index (χ4v) is 2.75. The molecule has 2 unspecified atom stereocenters. The van der Waals surface area contributed by atoms with E-state index >= 15 is 0 Å². The summed E-state index contributed by atoms with van der Waals surface area (Å²) in [6.45, 7) is 9.68. The number of piperazine rings is 1. The van der Waals surface area contributed by atoms with Crippen molar-refractivity contribution in [1.82, 2.24) is 10.2 Å². The molecule has 0 spiro atoms. The highest BCUT2D eigenvalue weighted by Gasteiger charge is 2.28. The summed E-state index contributed by atoms with van der Waals surface area (Å²) in [5, 5.41) is 13.1. The summed E-state index contributed by atoms with van der Waals surface area (Å²) >= 11 is 0. The summed E-state index contributed by atoms with van der Waals surface area (Å²) in [4.78, 5) is 2.41. The van der Waals surface area contributed by atoms with Gasteiger partial charge < -0.3 is 10.4 Å². The molecule has 2 N–H and O–H groups in total. The Labute approximate surface area is 116 Å². The van der Waals surface area contributed by atoms with Gasteiger partial charge in [-0.25, -0.2) is 0 Å². The summed E-state index contributed by atoms with van der Waals surface area (Å²) in [5.74, 6) is 0.625. The molecule has 3 heteroatoms. The first-order chi connectivity index (χ1) is 9.10. The second-order valence-corrected chi connectivity index (χ2v) is 6.01. The second-order valence-electron chi connectivity index (χ2n) is 6.01. The number of nitrogens with zero attached hydrogens (tertiary/aromatic N) is 1. The van der Waals surface area contributed by atoms with Crippen LogP contribution in [0.3, 0.4) is 0 Å². The lowest BCUT2D eigenvalue weighted by Crippen LogP contribution is -2.58. The fourth-order valence-electron chi connectivity index (χ4n) is 2.75. The molecule has 0 radical (unpaired) electrons. The first-order valence-corrected chi connectivity index (χ1v) is 7.24. The Balaban J connectivity index is 2.06. The minimum absolute atomic E-state index is 0.226. The Kier molecular flexibility index (Phi) is 4.97. The maximum absolute atomic E-state index is 9.54. The quantitative estimate of drug-likeness (QED) is 0.868. The highest BCUT2D eigenvalue weighted by molar-refractivity contribution is 5.22. The van der Waals surface area contributed by atoms with E-state index in [0.29, 0.717) is 12.0 Å². The van der Waals surface area contributed by atoms with Crippen molar-refractivity contribution in [3.8, 4) is 0 Å². The van der Waals surface area contributed by atoms with Gasteiger partial charge in [-0.15, -0.1) is 0 Å². The third-order valence-electron chi connectivity index (χ3n) is 4.05. The van der Waals surface area contributed by atoms with Gasteiger partial charge in [0.1, 0.15) is 0 Å². The summed E-state index contributed by atoms with van der Waals surface area (Å²) in [5.41, 5.74) is 2.64. The number of benzene rings is 1. The maximum Gasteiger partial charge on any atom is 0.0599 e. The van der Waals surface area contributed by atoms with Crippen LogP contribution in [0, 0.1) is 12.8 Å². The predicted molar refractivity (Wildman–Crippen MR) is 79.1 cm³/mol. The zero-order chi connectivity index (χ0) is 13.8. The van der Waals surface area contributed by atoms with Gasteiger partial charge in [-0.3, -0.25) is 4.90 Å². The Bertz CT molecular complexity index is 405. The molecule has 2 rings (SSSR count). The van der Waals surface area contributed by atoms with Crippen molar-refractivity contribution >= 4 is 0 Å². The Morgan fingerprint density at radius 3 is 2.84 bits per heavy atom. The van der Waals surface area contributed by atoms with Gasteiger partial charge >= 0.3 is 0 Å². The van der Waals surface area contributed by atoms with E-state index in [1.54, 1.807) is 0 Å². The summed E-state index contributed by atoms with van der Waals surface area (Å²) < 4.78 is 0. The standard InChI is InChI=1S/C16H26N2O/c1-12(2)16-10-18(15(11-19)8-17-16)9-14-6-4-5-13(3)7-14/h4-7,12,15-17,19H,8-11H2,1-3H3. The number of nitrogens with one attached hydrogen (secondary N) is 1. The molecule has 1 aliphatic rings. The van der Waals surface area contributed by atoms with Crippen molar-refractivity contribution < 1.29 is 5.11 Å². The average Bonchev–Trinajstić information content (AvgIpc) is 2.38. The monoisotopic (exact) mass is 262 g/mol. The molecule has 1 aromatic rings. The number of rotatable bonds is 4. The molecule has 106 valence electrons. The van der Waals surface area contributed by atoms with Crippen molar-refractivity contribution in [2.45, 2.75) is 39.4 Å². The topological polar surface area (TPSA) is 35.5 Å². The van der Waals surface area contributed by atoms with Crippen molar-refractivity contribution in [3.63, 3.8) is 0 Å². The molecule has 1 fully saturated rings. The van der Waals surface area contributed by atoms with E-state index in [2.05, 4.69) is 55.3 Å². The lowest BCUT2D eigenvalue weighted by atomic mass is 9.99. The van der Waals surface area contributed by atoms with E-state index in [4.69, 9.17) is 0 Å². The van der Waals surface area contributed by atoms with Gasteiger partial charge in [-0.2, -0.15) is 0 Å². The van der Waals surface area contributed by atoms with Gasteiger partial charge in [0.2, 0.25) is 0 Å². The van der Waals surface area contributed by atoms with Gasteiger partial charge in [-0.05, 0) is 18.4 Å². The Morgan fingerprint density at radius 2 is 2.21 bits per heavy atom. The van der Waals surface area contributed by atoms with Crippen LogP contribution in [-0.2, 0) is 6.54 Å². The summed E-state index contributed by atoms with van der Waals surface area (Å²) in [6, 6.07) is 9.40. The van der Waals surface area contributed by atoms with Crippen molar-refractivity contribution in [2.75, 3.05) is 19.7 Å². The van der Waals surface area contributed by atoms with Gasteiger partial charge in [0.25, 0.3) is 0 Å². The smallest absolute Gasteiger partial charge is 0.0599 e. The molecular formula is C16H26N2O. The number of aliphatic hydroxyl groups excluding tert-OH is 1. The highest BCUT2D eigenvalue weighted by Crippen LogP contribution is 2.16. The zero-order valence-electron chi connectivity index (χ0n) is 12.3. The first kappa shape index (κ1) is 14.5.